The summed E-state index contributed by atoms with van der Waals surface area (Å²) in [5, 5.41) is 20.2. The molecule has 6 heteroatoms. The number of phenolic OH excluding ortho intramolecular Hbond substituents is 1. The summed E-state index contributed by atoms with van der Waals surface area (Å²) in [6, 6.07) is 6.15. The van der Waals surface area contributed by atoms with Crippen LogP contribution in [0.3, 0.4) is 0 Å². The number of hydrogen-bond donors (Lipinski definition) is 3. The van der Waals surface area contributed by atoms with Gasteiger partial charge in [-0.25, -0.2) is 0 Å². The molecule has 1 aromatic rings. The molecular weight excluding hydrogens is 223 g/mol. The van der Waals surface area contributed by atoms with E-state index in [2.05, 4.69) is 5.32 Å². The van der Waals surface area contributed by atoms with Gasteiger partial charge in [-0.1, -0.05) is 12.1 Å². The van der Waals surface area contributed by atoms with E-state index in [9.17, 15) is 13.2 Å². The zero-order chi connectivity index (χ0) is 12.2. The van der Waals surface area contributed by atoms with Gasteiger partial charge in [0.15, 0.2) is 6.10 Å². The van der Waals surface area contributed by atoms with E-state index < -0.39 is 18.8 Å². The molecule has 0 heterocycles. The van der Waals surface area contributed by atoms with Gasteiger partial charge in [-0.3, -0.25) is 0 Å². The lowest BCUT2D eigenvalue weighted by Crippen LogP contribution is -2.38. The molecule has 0 amide bonds. The van der Waals surface area contributed by atoms with Crippen molar-refractivity contribution in [3.8, 4) is 5.75 Å². The zero-order valence-corrected chi connectivity index (χ0v) is 8.33. The summed E-state index contributed by atoms with van der Waals surface area (Å²) < 4.78 is 35.7. The molecular formula is C10H12F3NO2. The molecule has 0 saturated carbocycles. The number of alkyl halides is 3. The molecule has 16 heavy (non-hydrogen) atoms. The Kier molecular flexibility index (Phi) is 4.14. The Labute approximate surface area is 90.5 Å². The Morgan fingerprint density at radius 3 is 2.56 bits per heavy atom. The second-order valence-electron chi connectivity index (χ2n) is 3.36. The lowest BCUT2D eigenvalue weighted by Gasteiger charge is -2.15. The minimum Gasteiger partial charge on any atom is -0.508 e. The largest absolute Gasteiger partial charge is 0.508 e. The smallest absolute Gasteiger partial charge is 0.415 e. The van der Waals surface area contributed by atoms with Gasteiger partial charge in [-0.05, 0) is 17.7 Å². The van der Waals surface area contributed by atoms with E-state index in [1.165, 1.54) is 12.1 Å². The molecule has 0 aliphatic heterocycles. The first kappa shape index (κ1) is 12.8. The predicted molar refractivity (Wildman–Crippen MR) is 51.9 cm³/mol. The summed E-state index contributed by atoms with van der Waals surface area (Å²) in [5.74, 6) is 0.0515. The van der Waals surface area contributed by atoms with Crippen LogP contribution >= 0.6 is 0 Å². The van der Waals surface area contributed by atoms with Crippen molar-refractivity contribution in [2.75, 3.05) is 6.54 Å². The first-order chi connectivity index (χ1) is 7.39. The van der Waals surface area contributed by atoms with E-state index in [1.54, 1.807) is 12.1 Å². The van der Waals surface area contributed by atoms with Crippen molar-refractivity contribution in [3.05, 3.63) is 29.8 Å². The third kappa shape index (κ3) is 4.08. The Morgan fingerprint density at radius 1 is 1.31 bits per heavy atom. The summed E-state index contributed by atoms with van der Waals surface area (Å²) in [6.45, 7) is -0.416. The van der Waals surface area contributed by atoms with Crippen LogP contribution < -0.4 is 5.32 Å². The highest BCUT2D eigenvalue weighted by molar-refractivity contribution is 5.26. The third-order valence-corrected chi connectivity index (χ3v) is 1.96. The van der Waals surface area contributed by atoms with E-state index in [0.717, 1.165) is 0 Å². The molecule has 0 aliphatic rings. The molecule has 0 fully saturated rings. The van der Waals surface area contributed by atoms with Crippen molar-refractivity contribution in [2.45, 2.75) is 18.8 Å². The molecule has 3 N–H and O–H groups in total. The van der Waals surface area contributed by atoms with Crippen molar-refractivity contribution in [3.63, 3.8) is 0 Å². The van der Waals surface area contributed by atoms with E-state index >= 15 is 0 Å². The highest BCUT2D eigenvalue weighted by Gasteiger charge is 2.37. The molecule has 1 atom stereocenters. The van der Waals surface area contributed by atoms with Crippen LogP contribution in [0, 0.1) is 0 Å². The van der Waals surface area contributed by atoms with Gasteiger partial charge in [-0.15, -0.1) is 0 Å². The first-order valence-electron chi connectivity index (χ1n) is 4.63. The highest BCUT2D eigenvalue weighted by Crippen LogP contribution is 2.19. The zero-order valence-electron chi connectivity index (χ0n) is 8.33. The van der Waals surface area contributed by atoms with Gasteiger partial charge in [0, 0.05) is 13.1 Å². The number of halogens is 3. The maximum Gasteiger partial charge on any atom is 0.415 e. The fraction of sp³-hybridized carbons (Fsp3) is 0.400. The topological polar surface area (TPSA) is 52.5 Å². The molecule has 0 bridgehead atoms. The third-order valence-electron chi connectivity index (χ3n) is 1.96. The summed E-state index contributed by atoms with van der Waals surface area (Å²) in [4.78, 5) is 0. The summed E-state index contributed by atoms with van der Waals surface area (Å²) in [5.41, 5.74) is 0.648. The number of benzene rings is 1. The van der Waals surface area contributed by atoms with Crippen LogP contribution in [-0.2, 0) is 6.54 Å². The lowest BCUT2D eigenvalue weighted by molar-refractivity contribution is -0.201. The van der Waals surface area contributed by atoms with Crippen LogP contribution in [-0.4, -0.2) is 29.0 Å². The molecule has 0 radical (unpaired) electrons. The van der Waals surface area contributed by atoms with E-state index in [-0.39, 0.29) is 12.3 Å². The fourth-order valence-electron chi connectivity index (χ4n) is 1.14. The van der Waals surface area contributed by atoms with E-state index in [4.69, 9.17) is 10.2 Å². The summed E-state index contributed by atoms with van der Waals surface area (Å²) in [7, 11) is 0. The number of nitrogens with one attached hydrogen (secondary N) is 1. The maximum absolute atomic E-state index is 11.9. The van der Waals surface area contributed by atoms with Gasteiger partial charge < -0.3 is 15.5 Å². The molecule has 1 rings (SSSR count). The second-order valence-corrected chi connectivity index (χ2v) is 3.36. The average Bonchev–Trinajstić information content (AvgIpc) is 2.16. The first-order valence-corrected chi connectivity index (χ1v) is 4.63. The normalized spacial score (nSPS) is 13.8. The van der Waals surface area contributed by atoms with Crippen molar-refractivity contribution in [1.82, 2.24) is 5.32 Å². The number of rotatable bonds is 4. The standard InChI is InChI=1S/C10H12F3NO2/c11-10(12,13)9(16)6-14-5-7-2-1-3-8(15)4-7/h1-4,9,14-16H,5-6H2. The highest BCUT2D eigenvalue weighted by atomic mass is 19.4. The molecule has 0 aliphatic carbocycles. The van der Waals surface area contributed by atoms with E-state index in [0.29, 0.717) is 5.56 Å². The second kappa shape index (κ2) is 5.18. The van der Waals surface area contributed by atoms with Gasteiger partial charge in [0.1, 0.15) is 5.75 Å². The summed E-state index contributed by atoms with van der Waals surface area (Å²) in [6.07, 6.45) is -6.98. The summed E-state index contributed by atoms with van der Waals surface area (Å²) >= 11 is 0. The number of aliphatic hydroxyl groups excluding tert-OH is 1. The average molecular weight is 235 g/mol. The monoisotopic (exact) mass is 235 g/mol. The Balaban J connectivity index is 2.36. The number of aromatic hydroxyl groups is 1. The molecule has 90 valence electrons. The predicted octanol–water partition coefficient (Wildman–Crippen LogP) is 1.41. The van der Waals surface area contributed by atoms with Crippen LogP contribution in [0.5, 0.6) is 5.75 Å². The molecule has 0 saturated heterocycles. The van der Waals surface area contributed by atoms with E-state index in [1.807, 2.05) is 0 Å². The van der Waals surface area contributed by atoms with Crippen LogP contribution in [0.2, 0.25) is 0 Å². The van der Waals surface area contributed by atoms with Crippen molar-refractivity contribution < 1.29 is 23.4 Å². The van der Waals surface area contributed by atoms with Crippen LogP contribution in [0.25, 0.3) is 0 Å². The van der Waals surface area contributed by atoms with Crippen LogP contribution in [0.4, 0.5) is 13.2 Å². The fourth-order valence-corrected chi connectivity index (χ4v) is 1.14. The molecule has 1 unspecified atom stereocenters. The maximum atomic E-state index is 11.9. The number of aliphatic hydroxyl groups is 1. The lowest BCUT2D eigenvalue weighted by atomic mass is 10.2. The SMILES string of the molecule is Oc1cccc(CNCC(O)C(F)(F)F)c1. The Hall–Kier alpha value is -1.27. The van der Waals surface area contributed by atoms with Crippen LogP contribution in [0.1, 0.15) is 5.56 Å². The van der Waals surface area contributed by atoms with Gasteiger partial charge >= 0.3 is 6.18 Å². The minimum absolute atomic E-state index is 0.0515. The van der Waals surface area contributed by atoms with Crippen molar-refractivity contribution >= 4 is 0 Å². The Morgan fingerprint density at radius 2 is 2.00 bits per heavy atom. The minimum atomic E-state index is -4.61. The molecule has 0 aromatic heterocycles. The van der Waals surface area contributed by atoms with Gasteiger partial charge in [0.05, 0.1) is 0 Å². The molecule has 3 nitrogen and oxygen atoms in total. The van der Waals surface area contributed by atoms with Gasteiger partial charge in [-0.2, -0.15) is 13.2 Å². The Bertz CT molecular complexity index is 341. The molecule has 1 aromatic carbocycles. The number of hydrogen-bond acceptors (Lipinski definition) is 3. The quantitative estimate of drug-likeness (QED) is 0.739. The van der Waals surface area contributed by atoms with Gasteiger partial charge in [0.2, 0.25) is 0 Å². The number of phenols is 1. The van der Waals surface area contributed by atoms with Gasteiger partial charge in [0.25, 0.3) is 0 Å². The van der Waals surface area contributed by atoms with Crippen molar-refractivity contribution in [2.24, 2.45) is 0 Å². The molecule has 0 spiro atoms. The van der Waals surface area contributed by atoms with Crippen LogP contribution in [0.15, 0.2) is 24.3 Å². The van der Waals surface area contributed by atoms with Crippen molar-refractivity contribution in [1.29, 1.82) is 0 Å².